The second-order valence-electron chi connectivity index (χ2n) is 4.84. The Morgan fingerprint density at radius 1 is 1.48 bits per heavy atom. The molecule has 0 aromatic carbocycles. The van der Waals surface area contributed by atoms with Crippen LogP contribution >= 0.6 is 0 Å². The predicted molar refractivity (Wildman–Crippen MR) is 73.9 cm³/mol. The highest BCUT2D eigenvalue weighted by atomic mass is 16.4. The SMILES string of the molecule is Cc1cn(CC(=O)N(CC(=O)O)C[C@H](C)N)c(=O)[nH]c1=O. The van der Waals surface area contributed by atoms with Crippen molar-refractivity contribution in [2.24, 2.45) is 5.73 Å². The minimum atomic E-state index is -1.17. The Morgan fingerprint density at radius 2 is 2.10 bits per heavy atom. The number of hydrogen-bond acceptors (Lipinski definition) is 5. The van der Waals surface area contributed by atoms with Gasteiger partial charge in [0.15, 0.2) is 0 Å². The summed E-state index contributed by atoms with van der Waals surface area (Å²) in [6.07, 6.45) is 1.25. The molecule has 4 N–H and O–H groups in total. The second-order valence-corrected chi connectivity index (χ2v) is 4.84. The molecule has 116 valence electrons. The first kappa shape index (κ1) is 16.6. The quantitative estimate of drug-likeness (QED) is 0.561. The fraction of sp³-hybridized carbons (Fsp3) is 0.500. The van der Waals surface area contributed by atoms with Crippen LogP contribution in [0.3, 0.4) is 0 Å². The van der Waals surface area contributed by atoms with Crippen LogP contribution in [-0.4, -0.2) is 50.6 Å². The average Bonchev–Trinajstić information content (AvgIpc) is 2.33. The number of rotatable bonds is 6. The number of carbonyl (C=O) groups is 2. The zero-order valence-electron chi connectivity index (χ0n) is 11.8. The van der Waals surface area contributed by atoms with Gasteiger partial charge in [0.1, 0.15) is 13.1 Å². The number of carbonyl (C=O) groups excluding carboxylic acids is 1. The van der Waals surface area contributed by atoms with Gasteiger partial charge in [0.2, 0.25) is 5.91 Å². The van der Waals surface area contributed by atoms with Crippen molar-refractivity contribution < 1.29 is 14.7 Å². The third kappa shape index (κ3) is 4.88. The number of aliphatic carboxylic acids is 1. The van der Waals surface area contributed by atoms with Gasteiger partial charge in [-0.05, 0) is 13.8 Å². The highest BCUT2D eigenvalue weighted by Gasteiger charge is 2.19. The number of aryl methyl sites for hydroxylation is 1. The van der Waals surface area contributed by atoms with Crippen molar-refractivity contribution in [1.82, 2.24) is 14.5 Å². The van der Waals surface area contributed by atoms with Crippen LogP contribution in [-0.2, 0) is 16.1 Å². The molecule has 9 heteroatoms. The first-order valence-corrected chi connectivity index (χ1v) is 6.26. The van der Waals surface area contributed by atoms with E-state index in [0.717, 1.165) is 9.47 Å². The summed E-state index contributed by atoms with van der Waals surface area (Å²) in [5, 5.41) is 8.80. The van der Waals surface area contributed by atoms with Crippen molar-refractivity contribution in [1.29, 1.82) is 0 Å². The molecule has 21 heavy (non-hydrogen) atoms. The monoisotopic (exact) mass is 298 g/mol. The lowest BCUT2D eigenvalue weighted by Crippen LogP contribution is -2.45. The van der Waals surface area contributed by atoms with E-state index in [2.05, 4.69) is 4.98 Å². The van der Waals surface area contributed by atoms with E-state index in [4.69, 9.17) is 10.8 Å². The van der Waals surface area contributed by atoms with E-state index < -0.39 is 35.7 Å². The van der Waals surface area contributed by atoms with Gasteiger partial charge in [0.25, 0.3) is 5.56 Å². The molecule has 0 fully saturated rings. The molecule has 0 aliphatic heterocycles. The summed E-state index contributed by atoms with van der Waals surface area (Å²) >= 11 is 0. The molecule has 0 saturated carbocycles. The molecule has 0 aliphatic rings. The van der Waals surface area contributed by atoms with Crippen molar-refractivity contribution >= 4 is 11.9 Å². The van der Waals surface area contributed by atoms with Crippen LogP contribution < -0.4 is 17.0 Å². The summed E-state index contributed by atoms with van der Waals surface area (Å²) in [4.78, 5) is 48.8. The van der Waals surface area contributed by atoms with Gasteiger partial charge in [0.05, 0.1) is 0 Å². The standard InChI is InChI=1S/C12H18N4O5/c1-7-3-16(12(21)14-11(7)20)5-9(17)15(4-8(2)13)6-10(18)19/h3,8H,4-6,13H2,1-2H3,(H,18,19)(H,14,20,21)/t8-/m0/s1. The van der Waals surface area contributed by atoms with Crippen molar-refractivity contribution in [3.63, 3.8) is 0 Å². The molecule has 1 atom stereocenters. The van der Waals surface area contributed by atoms with Crippen LogP contribution in [0, 0.1) is 6.92 Å². The maximum Gasteiger partial charge on any atom is 0.328 e. The van der Waals surface area contributed by atoms with E-state index in [1.165, 1.54) is 13.1 Å². The normalized spacial score (nSPS) is 12.0. The first-order chi connectivity index (χ1) is 9.70. The summed E-state index contributed by atoms with van der Waals surface area (Å²) in [5.74, 6) is -1.74. The number of aromatic amines is 1. The molecular weight excluding hydrogens is 280 g/mol. The van der Waals surface area contributed by atoms with Gasteiger partial charge >= 0.3 is 11.7 Å². The minimum Gasteiger partial charge on any atom is -0.480 e. The Bertz CT molecular complexity index is 646. The van der Waals surface area contributed by atoms with E-state index in [9.17, 15) is 19.2 Å². The van der Waals surface area contributed by atoms with Gasteiger partial charge in [-0.3, -0.25) is 23.9 Å². The number of H-pyrrole nitrogens is 1. The molecule has 9 nitrogen and oxygen atoms in total. The molecule has 0 spiro atoms. The van der Waals surface area contributed by atoms with Crippen molar-refractivity contribution in [3.8, 4) is 0 Å². The van der Waals surface area contributed by atoms with E-state index >= 15 is 0 Å². The molecule has 1 heterocycles. The molecule has 0 aliphatic carbocycles. The molecule has 0 saturated heterocycles. The number of nitrogens with zero attached hydrogens (tertiary/aromatic N) is 2. The Labute approximate surface area is 120 Å². The zero-order chi connectivity index (χ0) is 16.2. The van der Waals surface area contributed by atoms with Gasteiger partial charge in [-0.1, -0.05) is 0 Å². The first-order valence-electron chi connectivity index (χ1n) is 6.26. The van der Waals surface area contributed by atoms with Gasteiger partial charge in [-0.25, -0.2) is 4.79 Å². The fourth-order valence-corrected chi connectivity index (χ4v) is 1.75. The molecule has 0 bridgehead atoms. The van der Waals surface area contributed by atoms with E-state index in [0.29, 0.717) is 0 Å². The summed E-state index contributed by atoms with van der Waals surface area (Å²) in [5.41, 5.74) is 4.60. The van der Waals surface area contributed by atoms with Crippen molar-refractivity contribution in [2.45, 2.75) is 26.4 Å². The maximum absolute atomic E-state index is 12.1. The Morgan fingerprint density at radius 3 is 2.62 bits per heavy atom. The van der Waals surface area contributed by atoms with Crippen LogP contribution in [0.5, 0.6) is 0 Å². The molecule has 1 aromatic rings. The summed E-state index contributed by atoms with van der Waals surface area (Å²) < 4.78 is 1.02. The maximum atomic E-state index is 12.1. The third-order valence-corrected chi connectivity index (χ3v) is 2.68. The van der Waals surface area contributed by atoms with Crippen LogP contribution in [0.2, 0.25) is 0 Å². The number of carboxylic acids is 1. The lowest BCUT2D eigenvalue weighted by atomic mass is 10.3. The van der Waals surface area contributed by atoms with Crippen molar-refractivity contribution in [2.75, 3.05) is 13.1 Å². The Hall–Kier alpha value is -2.42. The van der Waals surface area contributed by atoms with E-state index in [1.54, 1.807) is 6.92 Å². The summed E-state index contributed by atoms with van der Waals surface area (Å²) in [7, 11) is 0. The number of carboxylic acid groups (broad SMARTS) is 1. The van der Waals surface area contributed by atoms with E-state index in [-0.39, 0.29) is 18.7 Å². The smallest absolute Gasteiger partial charge is 0.328 e. The minimum absolute atomic E-state index is 0.0578. The average molecular weight is 298 g/mol. The highest BCUT2D eigenvalue weighted by Crippen LogP contribution is 1.96. The van der Waals surface area contributed by atoms with Crippen LogP contribution in [0.4, 0.5) is 0 Å². The number of aromatic nitrogens is 2. The second kappa shape index (κ2) is 6.84. The van der Waals surface area contributed by atoms with Crippen molar-refractivity contribution in [3.05, 3.63) is 32.6 Å². The molecular formula is C12H18N4O5. The number of nitrogens with one attached hydrogen (secondary N) is 1. The predicted octanol–water partition coefficient (Wildman–Crippen LogP) is -1.89. The largest absolute Gasteiger partial charge is 0.480 e. The molecule has 1 aromatic heterocycles. The number of amides is 1. The Balaban J connectivity index is 2.96. The van der Waals surface area contributed by atoms with Gasteiger partial charge < -0.3 is 15.7 Å². The molecule has 1 rings (SSSR count). The molecule has 1 amide bonds. The lowest BCUT2D eigenvalue weighted by molar-refractivity contribution is -0.144. The van der Waals surface area contributed by atoms with Crippen LogP contribution in [0.25, 0.3) is 0 Å². The number of nitrogens with two attached hydrogens (primary N) is 1. The fourth-order valence-electron chi connectivity index (χ4n) is 1.75. The summed E-state index contributed by atoms with van der Waals surface area (Å²) in [6, 6.07) is -0.401. The lowest BCUT2D eigenvalue weighted by Gasteiger charge is -2.23. The number of hydrogen-bond donors (Lipinski definition) is 3. The summed E-state index contributed by atoms with van der Waals surface area (Å²) in [6.45, 7) is 2.32. The van der Waals surface area contributed by atoms with Gasteiger partial charge in [-0.15, -0.1) is 0 Å². The highest BCUT2D eigenvalue weighted by molar-refractivity contribution is 5.81. The van der Waals surface area contributed by atoms with Gasteiger partial charge in [0, 0.05) is 24.3 Å². The van der Waals surface area contributed by atoms with Crippen LogP contribution in [0.1, 0.15) is 12.5 Å². The van der Waals surface area contributed by atoms with E-state index in [1.807, 2.05) is 0 Å². The Kier molecular flexibility index (Phi) is 5.42. The molecule has 0 radical (unpaired) electrons. The van der Waals surface area contributed by atoms with Gasteiger partial charge in [-0.2, -0.15) is 0 Å². The van der Waals surface area contributed by atoms with Crippen LogP contribution in [0.15, 0.2) is 15.8 Å². The zero-order valence-corrected chi connectivity index (χ0v) is 11.8. The third-order valence-electron chi connectivity index (χ3n) is 2.68. The molecule has 0 unspecified atom stereocenters. The topological polar surface area (TPSA) is 138 Å².